The maximum Gasteiger partial charge on any atom is 0.124 e. The van der Waals surface area contributed by atoms with Gasteiger partial charge in [-0.3, -0.25) is 0 Å². The van der Waals surface area contributed by atoms with Crippen LogP contribution >= 0.6 is 11.6 Å². The van der Waals surface area contributed by atoms with Crippen LogP contribution in [0.5, 0.6) is 0 Å². The Kier molecular flexibility index (Phi) is 4.45. The van der Waals surface area contributed by atoms with Gasteiger partial charge in [0.25, 0.3) is 0 Å². The average molecular weight is 248 g/mol. The summed E-state index contributed by atoms with van der Waals surface area (Å²) in [4.78, 5) is 0. The van der Waals surface area contributed by atoms with Crippen LogP contribution in [0.4, 0.5) is 0 Å². The van der Waals surface area contributed by atoms with Gasteiger partial charge in [-0.1, -0.05) is 43.5 Å². The third kappa shape index (κ3) is 3.48. The summed E-state index contributed by atoms with van der Waals surface area (Å²) in [5, 5.41) is 8.27. The Balaban J connectivity index is 2.00. The van der Waals surface area contributed by atoms with Crippen LogP contribution in [0.15, 0.2) is 24.3 Å². The largest absolute Gasteiger partial charge is 0.197 e. The molecule has 0 spiro atoms. The number of hydrogen-bond donors (Lipinski definition) is 0. The minimum Gasteiger partial charge on any atom is -0.197 e. The van der Waals surface area contributed by atoms with Gasteiger partial charge in [-0.2, -0.15) is 5.26 Å². The number of halogens is 1. The van der Waals surface area contributed by atoms with Crippen LogP contribution in [0, 0.1) is 11.3 Å². The van der Waals surface area contributed by atoms with E-state index in [1.807, 2.05) is 0 Å². The maximum atomic E-state index is 8.67. The smallest absolute Gasteiger partial charge is 0.124 e. The molecule has 0 N–H and O–H groups in total. The molecular formula is C15H18ClN. The quantitative estimate of drug-likeness (QED) is 0.726. The molecule has 1 saturated carbocycles. The molecule has 0 amide bonds. The molecule has 0 bridgehead atoms. The Bertz CT molecular complexity index is 384. The minimum absolute atomic E-state index is 0.407. The summed E-state index contributed by atoms with van der Waals surface area (Å²) in [5.41, 5.74) is 2.61. The van der Waals surface area contributed by atoms with E-state index in [9.17, 15) is 0 Å². The minimum atomic E-state index is -0.407. The first kappa shape index (κ1) is 12.5. The van der Waals surface area contributed by atoms with Crippen molar-refractivity contribution in [3.63, 3.8) is 0 Å². The number of alkyl halides is 1. The lowest BCUT2D eigenvalue weighted by Gasteiger charge is -2.22. The Morgan fingerprint density at radius 3 is 2.41 bits per heavy atom. The Hall–Kier alpha value is -1.00. The van der Waals surface area contributed by atoms with Crippen LogP contribution in [0.2, 0.25) is 0 Å². The highest BCUT2D eigenvalue weighted by molar-refractivity contribution is 6.22. The van der Waals surface area contributed by atoms with Crippen molar-refractivity contribution in [3.05, 3.63) is 35.4 Å². The standard InChI is InChI=1S/C15H18ClN/c16-15(11-17)10-12-6-8-14(9-7-12)13-4-2-1-3-5-13/h6-9,13,15H,1-5,10H2. The summed E-state index contributed by atoms with van der Waals surface area (Å²) in [6.07, 6.45) is 7.42. The fourth-order valence-corrected chi connectivity index (χ4v) is 2.79. The summed E-state index contributed by atoms with van der Waals surface area (Å²) < 4.78 is 0. The number of nitrogens with zero attached hydrogens (tertiary/aromatic N) is 1. The van der Waals surface area contributed by atoms with Crippen molar-refractivity contribution in [3.8, 4) is 6.07 Å². The van der Waals surface area contributed by atoms with Crippen LogP contribution < -0.4 is 0 Å². The SMILES string of the molecule is N#CC(Cl)Cc1ccc(C2CCCCC2)cc1. The second-order valence-electron chi connectivity index (χ2n) is 4.88. The number of benzene rings is 1. The molecule has 1 unspecified atom stereocenters. The van der Waals surface area contributed by atoms with Gasteiger partial charge in [-0.15, -0.1) is 11.6 Å². The molecule has 1 nitrogen and oxygen atoms in total. The first-order valence-electron chi connectivity index (χ1n) is 6.42. The number of hydrogen-bond acceptors (Lipinski definition) is 1. The van der Waals surface area contributed by atoms with E-state index in [0.717, 1.165) is 11.5 Å². The molecule has 2 rings (SSSR count). The fourth-order valence-electron chi connectivity index (χ4n) is 2.61. The molecule has 1 aliphatic rings. The third-order valence-corrected chi connectivity index (χ3v) is 3.86. The molecule has 90 valence electrons. The second kappa shape index (κ2) is 6.07. The zero-order valence-electron chi connectivity index (χ0n) is 10.0. The van der Waals surface area contributed by atoms with Crippen LogP contribution in [-0.4, -0.2) is 5.38 Å². The maximum absolute atomic E-state index is 8.67. The predicted octanol–water partition coefficient (Wildman–Crippen LogP) is 4.41. The zero-order chi connectivity index (χ0) is 12.1. The van der Waals surface area contributed by atoms with Crippen LogP contribution in [0.1, 0.15) is 49.1 Å². The van der Waals surface area contributed by atoms with Crippen LogP contribution in [-0.2, 0) is 6.42 Å². The normalized spacial score (nSPS) is 18.6. The topological polar surface area (TPSA) is 23.8 Å². The van der Waals surface area contributed by atoms with Crippen molar-refractivity contribution in [1.29, 1.82) is 5.26 Å². The van der Waals surface area contributed by atoms with Gasteiger partial charge >= 0.3 is 0 Å². The van der Waals surface area contributed by atoms with Crippen LogP contribution in [0.3, 0.4) is 0 Å². The van der Waals surface area contributed by atoms with Gasteiger partial charge < -0.3 is 0 Å². The molecule has 2 heteroatoms. The predicted molar refractivity (Wildman–Crippen MR) is 71.2 cm³/mol. The lowest BCUT2D eigenvalue weighted by Crippen LogP contribution is -2.05. The molecule has 0 saturated heterocycles. The molecule has 0 radical (unpaired) electrons. The van der Waals surface area contributed by atoms with Gasteiger partial charge in [0.15, 0.2) is 0 Å². The summed E-state index contributed by atoms with van der Waals surface area (Å²) in [6, 6.07) is 10.7. The highest BCUT2D eigenvalue weighted by Gasteiger charge is 2.15. The van der Waals surface area contributed by atoms with Gasteiger partial charge in [0, 0.05) is 6.42 Å². The molecule has 0 aliphatic heterocycles. The molecule has 0 heterocycles. The fraction of sp³-hybridized carbons (Fsp3) is 0.533. The molecule has 17 heavy (non-hydrogen) atoms. The van der Waals surface area contributed by atoms with Gasteiger partial charge in [-0.25, -0.2) is 0 Å². The van der Waals surface area contributed by atoms with Crippen molar-refractivity contribution in [2.45, 2.75) is 49.8 Å². The molecular weight excluding hydrogens is 230 g/mol. The van der Waals surface area contributed by atoms with E-state index in [0.29, 0.717) is 6.42 Å². The Labute approximate surface area is 108 Å². The highest BCUT2D eigenvalue weighted by atomic mass is 35.5. The highest BCUT2D eigenvalue weighted by Crippen LogP contribution is 2.32. The molecule has 0 aromatic heterocycles. The van der Waals surface area contributed by atoms with Gasteiger partial charge in [0.1, 0.15) is 5.38 Å². The van der Waals surface area contributed by atoms with Crippen molar-refractivity contribution < 1.29 is 0 Å². The monoisotopic (exact) mass is 247 g/mol. The first-order chi connectivity index (χ1) is 8.29. The van der Waals surface area contributed by atoms with Gasteiger partial charge in [-0.05, 0) is 29.9 Å². The summed E-state index contributed by atoms with van der Waals surface area (Å²) in [6.45, 7) is 0. The second-order valence-corrected chi connectivity index (χ2v) is 5.40. The molecule has 1 aromatic rings. The van der Waals surface area contributed by atoms with Crippen molar-refractivity contribution >= 4 is 11.6 Å². The van der Waals surface area contributed by atoms with Crippen molar-refractivity contribution in [2.24, 2.45) is 0 Å². The molecule has 1 aliphatic carbocycles. The van der Waals surface area contributed by atoms with E-state index in [-0.39, 0.29) is 0 Å². The lowest BCUT2D eigenvalue weighted by atomic mass is 9.84. The zero-order valence-corrected chi connectivity index (χ0v) is 10.8. The van der Waals surface area contributed by atoms with E-state index < -0.39 is 5.38 Å². The lowest BCUT2D eigenvalue weighted by molar-refractivity contribution is 0.443. The van der Waals surface area contributed by atoms with Crippen molar-refractivity contribution in [2.75, 3.05) is 0 Å². The Morgan fingerprint density at radius 1 is 1.18 bits per heavy atom. The third-order valence-electron chi connectivity index (χ3n) is 3.61. The molecule has 1 atom stereocenters. The van der Waals surface area contributed by atoms with Crippen LogP contribution in [0.25, 0.3) is 0 Å². The average Bonchev–Trinajstić information content (AvgIpc) is 2.40. The van der Waals surface area contributed by atoms with Gasteiger partial charge in [0.2, 0.25) is 0 Å². The number of rotatable bonds is 3. The number of nitriles is 1. The summed E-state index contributed by atoms with van der Waals surface area (Å²) in [5.74, 6) is 0.751. The molecule has 1 fully saturated rings. The van der Waals surface area contributed by atoms with E-state index in [1.54, 1.807) is 0 Å². The summed E-state index contributed by atoms with van der Waals surface area (Å²) in [7, 11) is 0. The summed E-state index contributed by atoms with van der Waals surface area (Å²) >= 11 is 5.83. The molecule has 1 aromatic carbocycles. The van der Waals surface area contributed by atoms with Crippen molar-refractivity contribution in [1.82, 2.24) is 0 Å². The van der Waals surface area contributed by atoms with E-state index in [4.69, 9.17) is 16.9 Å². The van der Waals surface area contributed by atoms with E-state index in [2.05, 4.69) is 30.3 Å². The first-order valence-corrected chi connectivity index (χ1v) is 6.86. The van der Waals surface area contributed by atoms with E-state index in [1.165, 1.54) is 37.7 Å². The Morgan fingerprint density at radius 2 is 1.82 bits per heavy atom. The van der Waals surface area contributed by atoms with E-state index >= 15 is 0 Å². The van der Waals surface area contributed by atoms with Gasteiger partial charge in [0.05, 0.1) is 6.07 Å².